The summed E-state index contributed by atoms with van der Waals surface area (Å²) in [6, 6.07) is 2.36. The van der Waals surface area contributed by atoms with Crippen molar-refractivity contribution in [2.45, 2.75) is 39.2 Å². The van der Waals surface area contributed by atoms with Gasteiger partial charge in [-0.25, -0.2) is 4.98 Å². The summed E-state index contributed by atoms with van der Waals surface area (Å²) in [6.07, 6.45) is 5.34. The fourth-order valence-electron chi connectivity index (χ4n) is 3.04. The highest BCUT2D eigenvalue weighted by Crippen LogP contribution is 2.14. The van der Waals surface area contributed by atoms with Gasteiger partial charge in [0.05, 0.1) is 0 Å². The van der Waals surface area contributed by atoms with Gasteiger partial charge in [-0.3, -0.25) is 9.20 Å². The average molecular weight is 316 g/mol. The molecule has 2 aromatic rings. The van der Waals surface area contributed by atoms with Crippen molar-refractivity contribution in [2.24, 2.45) is 0 Å². The van der Waals surface area contributed by atoms with Crippen LogP contribution in [0, 0.1) is 6.92 Å². The van der Waals surface area contributed by atoms with Crippen molar-refractivity contribution in [3.63, 3.8) is 0 Å². The third-order valence-corrected chi connectivity index (χ3v) is 4.60. The number of nitrogens with zero attached hydrogens (tertiary/aromatic N) is 6. The van der Waals surface area contributed by atoms with Crippen molar-refractivity contribution in [3.05, 3.63) is 23.8 Å². The molecule has 1 saturated heterocycles. The molecule has 1 aliphatic rings. The average Bonchev–Trinajstić information content (AvgIpc) is 3.20. The van der Waals surface area contributed by atoms with Crippen molar-refractivity contribution in [1.29, 1.82) is 0 Å². The topological polar surface area (TPSA) is 66.6 Å². The maximum atomic E-state index is 12.6. The highest BCUT2D eigenvalue weighted by Gasteiger charge is 2.22. The number of likely N-dealkylation sites (tertiary alicyclic amines) is 1. The molecule has 0 aromatic carbocycles. The van der Waals surface area contributed by atoms with Gasteiger partial charge in [0.15, 0.2) is 0 Å². The van der Waals surface area contributed by atoms with Crippen LogP contribution < -0.4 is 0 Å². The quantitative estimate of drug-likeness (QED) is 0.834. The second-order valence-electron chi connectivity index (χ2n) is 6.37. The van der Waals surface area contributed by atoms with Crippen LogP contribution in [0.25, 0.3) is 5.78 Å². The summed E-state index contributed by atoms with van der Waals surface area (Å²) in [5, 5.41) is 8.00. The fraction of sp³-hybridized carbons (Fsp3) is 0.625. The lowest BCUT2D eigenvalue weighted by Gasteiger charge is -2.26. The molecule has 0 radical (unpaired) electrons. The first-order valence-electron chi connectivity index (χ1n) is 8.24. The molecule has 124 valence electrons. The highest BCUT2D eigenvalue weighted by molar-refractivity contribution is 5.91. The Bertz CT molecular complexity index is 691. The third-order valence-electron chi connectivity index (χ3n) is 4.60. The molecule has 7 nitrogen and oxygen atoms in total. The Morgan fingerprint density at radius 3 is 2.83 bits per heavy atom. The lowest BCUT2D eigenvalue weighted by atomic mass is 10.2. The maximum absolute atomic E-state index is 12.6. The number of aromatic nitrogens is 4. The van der Waals surface area contributed by atoms with Gasteiger partial charge in [-0.15, -0.1) is 10.2 Å². The molecule has 0 unspecified atom stereocenters. The largest absolute Gasteiger partial charge is 0.339 e. The number of carbonyl (C=O) groups is 1. The van der Waals surface area contributed by atoms with Crippen molar-refractivity contribution >= 4 is 11.7 Å². The van der Waals surface area contributed by atoms with Gasteiger partial charge in [0.2, 0.25) is 5.82 Å². The highest BCUT2D eigenvalue weighted by atomic mass is 16.2. The third kappa shape index (κ3) is 3.34. The zero-order valence-corrected chi connectivity index (χ0v) is 14.1. The zero-order chi connectivity index (χ0) is 16.4. The summed E-state index contributed by atoms with van der Waals surface area (Å²) >= 11 is 0. The molecule has 7 heteroatoms. The number of hydrogen-bond donors (Lipinski definition) is 0. The lowest BCUT2D eigenvalue weighted by molar-refractivity contribution is 0.0768. The van der Waals surface area contributed by atoms with Crippen molar-refractivity contribution in [2.75, 3.05) is 26.7 Å². The van der Waals surface area contributed by atoms with E-state index in [4.69, 9.17) is 0 Å². The SMILES string of the molecule is Cc1ccn2c(C(=O)N(C)CC[C@@H](C)N3CCCC3)nnc2n1. The van der Waals surface area contributed by atoms with Crippen LogP contribution in [-0.4, -0.2) is 68.0 Å². The van der Waals surface area contributed by atoms with E-state index in [1.165, 1.54) is 25.9 Å². The van der Waals surface area contributed by atoms with Crippen LogP contribution >= 0.6 is 0 Å². The molecule has 1 amide bonds. The van der Waals surface area contributed by atoms with Crippen molar-refractivity contribution in [3.8, 4) is 0 Å². The monoisotopic (exact) mass is 316 g/mol. The molecular weight excluding hydrogens is 292 g/mol. The van der Waals surface area contributed by atoms with E-state index in [-0.39, 0.29) is 5.91 Å². The predicted molar refractivity (Wildman–Crippen MR) is 87.4 cm³/mol. The van der Waals surface area contributed by atoms with Gasteiger partial charge in [0, 0.05) is 31.5 Å². The Labute approximate surface area is 136 Å². The molecule has 1 fully saturated rings. The first-order valence-corrected chi connectivity index (χ1v) is 8.24. The minimum absolute atomic E-state index is 0.114. The number of aryl methyl sites for hydroxylation is 1. The molecule has 1 aliphatic heterocycles. The molecule has 2 aromatic heterocycles. The maximum Gasteiger partial charge on any atom is 0.291 e. The van der Waals surface area contributed by atoms with Crippen LogP contribution in [0.4, 0.5) is 0 Å². The number of hydrogen-bond acceptors (Lipinski definition) is 5. The molecular formula is C16H24N6O. The molecule has 0 N–H and O–H groups in total. The zero-order valence-electron chi connectivity index (χ0n) is 14.1. The molecule has 0 saturated carbocycles. The Hall–Kier alpha value is -2.02. The van der Waals surface area contributed by atoms with Gasteiger partial charge in [-0.1, -0.05) is 0 Å². The van der Waals surface area contributed by atoms with E-state index in [2.05, 4.69) is 27.0 Å². The Kier molecular flexibility index (Phi) is 4.56. The van der Waals surface area contributed by atoms with E-state index in [0.29, 0.717) is 24.2 Å². The van der Waals surface area contributed by atoms with Crippen LogP contribution in [0.15, 0.2) is 12.3 Å². The molecule has 3 heterocycles. The van der Waals surface area contributed by atoms with Crippen LogP contribution in [0.2, 0.25) is 0 Å². The van der Waals surface area contributed by atoms with E-state index in [1.807, 2.05) is 20.0 Å². The van der Waals surface area contributed by atoms with E-state index >= 15 is 0 Å². The molecule has 23 heavy (non-hydrogen) atoms. The van der Waals surface area contributed by atoms with E-state index in [0.717, 1.165) is 12.1 Å². The summed E-state index contributed by atoms with van der Waals surface area (Å²) < 4.78 is 1.65. The van der Waals surface area contributed by atoms with Crippen molar-refractivity contribution in [1.82, 2.24) is 29.4 Å². The number of amides is 1. The molecule has 0 bridgehead atoms. The van der Waals surface area contributed by atoms with Gasteiger partial charge in [0.1, 0.15) is 0 Å². The van der Waals surface area contributed by atoms with Gasteiger partial charge in [-0.2, -0.15) is 0 Å². The predicted octanol–water partition coefficient (Wildman–Crippen LogP) is 1.38. The first-order chi connectivity index (χ1) is 11.1. The van der Waals surface area contributed by atoms with Crippen LogP contribution in [-0.2, 0) is 0 Å². The standard InChI is InChI=1S/C16H24N6O/c1-12-6-11-22-14(18-19-16(22)17-12)15(23)20(3)10-7-13(2)21-8-4-5-9-21/h6,11,13H,4-5,7-10H2,1-3H3/t13-/m1/s1. The van der Waals surface area contributed by atoms with E-state index in [1.54, 1.807) is 15.5 Å². The number of rotatable bonds is 5. The van der Waals surface area contributed by atoms with E-state index in [9.17, 15) is 4.79 Å². The fourth-order valence-corrected chi connectivity index (χ4v) is 3.04. The molecule has 0 spiro atoms. The summed E-state index contributed by atoms with van der Waals surface area (Å²) in [5.41, 5.74) is 0.858. The number of carbonyl (C=O) groups excluding carboxylic acids is 1. The summed E-state index contributed by atoms with van der Waals surface area (Å²) in [4.78, 5) is 21.1. The molecule has 1 atom stereocenters. The second kappa shape index (κ2) is 6.62. The number of fused-ring (bicyclic) bond motifs is 1. The van der Waals surface area contributed by atoms with Gasteiger partial charge in [0.25, 0.3) is 11.7 Å². The van der Waals surface area contributed by atoms with Crippen LogP contribution in [0.1, 0.15) is 42.5 Å². The molecule has 0 aliphatic carbocycles. The lowest BCUT2D eigenvalue weighted by Crippen LogP contribution is -2.36. The van der Waals surface area contributed by atoms with Crippen molar-refractivity contribution < 1.29 is 4.79 Å². The van der Waals surface area contributed by atoms with Crippen LogP contribution in [0.5, 0.6) is 0 Å². The Balaban J connectivity index is 1.64. The summed E-state index contributed by atoms with van der Waals surface area (Å²) in [6.45, 7) is 7.20. The normalized spacial score (nSPS) is 16.8. The molecule has 3 rings (SSSR count). The minimum Gasteiger partial charge on any atom is -0.339 e. The Morgan fingerprint density at radius 2 is 2.09 bits per heavy atom. The van der Waals surface area contributed by atoms with Gasteiger partial charge >= 0.3 is 0 Å². The van der Waals surface area contributed by atoms with Gasteiger partial charge < -0.3 is 9.80 Å². The van der Waals surface area contributed by atoms with E-state index < -0.39 is 0 Å². The Morgan fingerprint density at radius 1 is 1.35 bits per heavy atom. The van der Waals surface area contributed by atoms with Crippen LogP contribution in [0.3, 0.4) is 0 Å². The summed E-state index contributed by atoms with van der Waals surface area (Å²) in [5.74, 6) is 0.674. The second-order valence-corrected chi connectivity index (χ2v) is 6.37. The first kappa shape index (κ1) is 15.9. The smallest absolute Gasteiger partial charge is 0.291 e. The minimum atomic E-state index is -0.114. The summed E-state index contributed by atoms with van der Waals surface area (Å²) in [7, 11) is 1.82. The van der Waals surface area contributed by atoms with Gasteiger partial charge in [-0.05, 0) is 52.3 Å².